The zero-order valence-electron chi connectivity index (χ0n) is 19.8. The van der Waals surface area contributed by atoms with Crippen LogP contribution in [0.2, 0.25) is 0 Å². The second-order valence-corrected chi connectivity index (χ2v) is 9.12. The van der Waals surface area contributed by atoms with Crippen LogP contribution in [-0.4, -0.2) is 59.6 Å². The van der Waals surface area contributed by atoms with Crippen molar-refractivity contribution in [3.8, 4) is 11.4 Å². The number of aryl methyl sites for hydroxylation is 2. The summed E-state index contributed by atoms with van der Waals surface area (Å²) in [6.07, 6.45) is 0.238. The third-order valence-corrected chi connectivity index (χ3v) is 6.93. The number of amides is 2. The molecule has 1 aromatic heterocycles. The Morgan fingerprint density at radius 3 is 2.53 bits per heavy atom. The van der Waals surface area contributed by atoms with Crippen molar-refractivity contribution in [2.45, 2.75) is 27.2 Å². The molecule has 2 saturated heterocycles. The molecule has 5 rings (SSSR count). The normalized spacial score (nSPS) is 18.6. The van der Waals surface area contributed by atoms with Gasteiger partial charge in [0.25, 0.3) is 0 Å². The Hall–Kier alpha value is -3.68. The Morgan fingerprint density at radius 1 is 1.03 bits per heavy atom. The fraction of sp³-hybridized carbons (Fsp3) is 0.385. The number of anilines is 2. The highest BCUT2D eigenvalue weighted by molar-refractivity contribution is 6.00. The van der Waals surface area contributed by atoms with Crippen molar-refractivity contribution in [3.05, 3.63) is 59.5 Å². The number of aromatic nitrogens is 2. The maximum atomic E-state index is 13.3. The quantitative estimate of drug-likeness (QED) is 0.595. The van der Waals surface area contributed by atoms with Crippen molar-refractivity contribution in [1.29, 1.82) is 0 Å². The van der Waals surface area contributed by atoms with E-state index in [0.717, 1.165) is 24.3 Å². The second-order valence-electron chi connectivity index (χ2n) is 9.12. The van der Waals surface area contributed by atoms with Crippen molar-refractivity contribution in [2.75, 3.05) is 42.5 Å². The van der Waals surface area contributed by atoms with Gasteiger partial charge in [-0.3, -0.25) is 9.59 Å². The van der Waals surface area contributed by atoms with Crippen LogP contribution in [0, 0.1) is 26.7 Å². The van der Waals surface area contributed by atoms with Crippen LogP contribution in [0.25, 0.3) is 11.4 Å². The summed E-state index contributed by atoms with van der Waals surface area (Å²) < 4.78 is 5.07. The minimum atomic E-state index is -0.323. The summed E-state index contributed by atoms with van der Waals surface area (Å²) >= 11 is 0. The molecule has 2 aliphatic rings. The fourth-order valence-electron chi connectivity index (χ4n) is 4.86. The van der Waals surface area contributed by atoms with E-state index >= 15 is 0 Å². The van der Waals surface area contributed by atoms with Crippen LogP contribution >= 0.6 is 0 Å². The minimum Gasteiger partial charge on any atom is -0.368 e. The molecule has 3 heterocycles. The number of hydrogen-bond donors (Lipinski definition) is 0. The molecule has 2 amide bonds. The summed E-state index contributed by atoms with van der Waals surface area (Å²) in [5.41, 5.74) is 5.34. The fourth-order valence-corrected chi connectivity index (χ4v) is 4.86. The molecule has 0 bridgehead atoms. The van der Waals surface area contributed by atoms with Gasteiger partial charge >= 0.3 is 0 Å². The average molecular weight is 460 g/mol. The van der Waals surface area contributed by atoms with Crippen molar-refractivity contribution in [2.24, 2.45) is 5.92 Å². The molecule has 0 radical (unpaired) electrons. The summed E-state index contributed by atoms with van der Waals surface area (Å²) in [5.74, 6) is 0.687. The SMILES string of the molecule is Cc1nc(-c2cccc(N3C[C@@H](C(=O)N4CCN(c5cccc(C)c5C)CC4)CC3=O)c2)no1. The first-order valence-corrected chi connectivity index (χ1v) is 11.7. The summed E-state index contributed by atoms with van der Waals surface area (Å²) in [6.45, 7) is 9.34. The van der Waals surface area contributed by atoms with Crippen LogP contribution in [0.15, 0.2) is 47.0 Å². The van der Waals surface area contributed by atoms with Gasteiger partial charge < -0.3 is 19.2 Å². The Labute approximate surface area is 199 Å². The first-order chi connectivity index (χ1) is 16.4. The van der Waals surface area contributed by atoms with E-state index in [4.69, 9.17) is 4.52 Å². The molecule has 1 atom stereocenters. The van der Waals surface area contributed by atoms with Crippen LogP contribution in [0.5, 0.6) is 0 Å². The predicted molar refractivity (Wildman–Crippen MR) is 130 cm³/mol. The Bertz CT molecular complexity index is 1230. The van der Waals surface area contributed by atoms with E-state index < -0.39 is 0 Å². The topological polar surface area (TPSA) is 82.8 Å². The predicted octanol–water partition coefficient (Wildman–Crippen LogP) is 3.36. The first kappa shape index (κ1) is 22.1. The first-order valence-electron chi connectivity index (χ1n) is 11.7. The lowest BCUT2D eigenvalue weighted by molar-refractivity contribution is -0.136. The number of benzene rings is 2. The van der Waals surface area contributed by atoms with Crippen molar-refractivity contribution >= 4 is 23.2 Å². The van der Waals surface area contributed by atoms with Gasteiger partial charge in [-0.15, -0.1) is 0 Å². The van der Waals surface area contributed by atoms with Gasteiger partial charge in [0, 0.05) is 63.0 Å². The van der Waals surface area contributed by atoms with E-state index in [1.54, 1.807) is 11.8 Å². The number of piperazine rings is 1. The van der Waals surface area contributed by atoms with E-state index in [-0.39, 0.29) is 24.2 Å². The van der Waals surface area contributed by atoms with E-state index in [0.29, 0.717) is 31.3 Å². The summed E-state index contributed by atoms with van der Waals surface area (Å²) in [6, 6.07) is 13.9. The maximum absolute atomic E-state index is 13.3. The van der Waals surface area contributed by atoms with Crippen molar-refractivity contribution < 1.29 is 14.1 Å². The van der Waals surface area contributed by atoms with E-state index in [9.17, 15) is 9.59 Å². The highest BCUT2D eigenvalue weighted by atomic mass is 16.5. The van der Waals surface area contributed by atoms with Gasteiger partial charge in [-0.1, -0.05) is 29.4 Å². The van der Waals surface area contributed by atoms with Gasteiger partial charge in [0.1, 0.15) is 0 Å². The molecule has 0 spiro atoms. The smallest absolute Gasteiger partial charge is 0.228 e. The number of carbonyl (C=O) groups excluding carboxylic acids is 2. The zero-order valence-corrected chi connectivity index (χ0v) is 19.8. The van der Waals surface area contributed by atoms with Crippen molar-refractivity contribution in [3.63, 3.8) is 0 Å². The molecule has 2 aromatic carbocycles. The van der Waals surface area contributed by atoms with E-state index in [1.165, 1.54) is 16.8 Å². The standard InChI is InChI=1S/C26H29N5O3/c1-17-6-4-9-23(18(17)2)29-10-12-30(13-11-29)26(33)21-15-24(32)31(16-21)22-8-5-7-20(14-22)25-27-19(3)34-28-25/h4-9,14,21H,10-13,15-16H2,1-3H3/t21-/m0/s1. The van der Waals surface area contributed by atoms with Gasteiger partial charge in [-0.25, -0.2) is 0 Å². The monoisotopic (exact) mass is 459 g/mol. The lowest BCUT2D eigenvalue weighted by Crippen LogP contribution is -2.51. The molecule has 0 N–H and O–H groups in total. The maximum Gasteiger partial charge on any atom is 0.228 e. The van der Waals surface area contributed by atoms with Gasteiger partial charge in [0.2, 0.25) is 23.5 Å². The molecule has 34 heavy (non-hydrogen) atoms. The van der Waals surface area contributed by atoms with Crippen LogP contribution in [0.3, 0.4) is 0 Å². The molecule has 0 aliphatic carbocycles. The molecular weight excluding hydrogens is 430 g/mol. The molecule has 176 valence electrons. The lowest BCUT2D eigenvalue weighted by Gasteiger charge is -2.38. The highest BCUT2D eigenvalue weighted by Gasteiger charge is 2.38. The van der Waals surface area contributed by atoms with E-state index in [1.807, 2.05) is 29.2 Å². The molecular formula is C26H29N5O3. The summed E-state index contributed by atoms with van der Waals surface area (Å²) in [4.78, 5) is 36.3. The minimum absolute atomic E-state index is 0.0335. The highest BCUT2D eigenvalue weighted by Crippen LogP contribution is 2.30. The van der Waals surface area contributed by atoms with E-state index in [2.05, 4.69) is 47.1 Å². The third-order valence-electron chi connectivity index (χ3n) is 6.93. The van der Waals surface area contributed by atoms with Gasteiger partial charge in [-0.05, 0) is 43.2 Å². The Kier molecular flexibility index (Phi) is 5.81. The van der Waals surface area contributed by atoms with Gasteiger partial charge in [0.05, 0.1) is 5.92 Å². The summed E-state index contributed by atoms with van der Waals surface area (Å²) in [7, 11) is 0. The number of rotatable bonds is 4. The molecule has 8 nitrogen and oxygen atoms in total. The van der Waals surface area contributed by atoms with Gasteiger partial charge in [0.15, 0.2) is 0 Å². The zero-order chi connectivity index (χ0) is 23.8. The molecule has 3 aromatic rings. The number of hydrogen-bond acceptors (Lipinski definition) is 6. The summed E-state index contributed by atoms with van der Waals surface area (Å²) in [5, 5.41) is 3.96. The second kappa shape index (κ2) is 8.93. The number of nitrogens with zero attached hydrogens (tertiary/aromatic N) is 5. The van der Waals surface area contributed by atoms with Crippen molar-refractivity contribution in [1.82, 2.24) is 15.0 Å². The lowest BCUT2D eigenvalue weighted by atomic mass is 10.1. The Balaban J connectivity index is 1.24. The van der Waals surface area contributed by atoms with Crippen LogP contribution < -0.4 is 9.80 Å². The molecule has 2 fully saturated rings. The average Bonchev–Trinajstić information content (AvgIpc) is 3.46. The van der Waals surface area contributed by atoms with Crippen LogP contribution in [0.1, 0.15) is 23.4 Å². The van der Waals surface area contributed by atoms with Crippen LogP contribution in [0.4, 0.5) is 11.4 Å². The Morgan fingerprint density at radius 2 is 1.79 bits per heavy atom. The molecule has 8 heteroatoms. The molecule has 2 aliphatic heterocycles. The molecule has 0 unspecified atom stereocenters. The number of carbonyl (C=O) groups is 2. The van der Waals surface area contributed by atoms with Crippen LogP contribution in [-0.2, 0) is 9.59 Å². The largest absolute Gasteiger partial charge is 0.368 e. The van der Waals surface area contributed by atoms with Gasteiger partial charge in [-0.2, -0.15) is 4.98 Å². The third kappa shape index (κ3) is 4.16. The molecule has 0 saturated carbocycles.